The molecule has 4 nitrogen and oxygen atoms in total. The van der Waals surface area contributed by atoms with Gasteiger partial charge in [0.2, 0.25) is 0 Å². The van der Waals surface area contributed by atoms with E-state index in [0.717, 1.165) is 38.5 Å². The lowest BCUT2D eigenvalue weighted by Crippen LogP contribution is -2.54. The Bertz CT molecular complexity index is 318. The maximum atomic E-state index is 12.0. The Hall–Kier alpha value is -1.06. The Balaban J connectivity index is 3.23. The number of hydrogen-bond donors (Lipinski definition) is 2. The molecule has 4 heteroatoms. The summed E-state index contributed by atoms with van der Waals surface area (Å²) in [4.78, 5) is 24.0. The molecule has 0 bridgehead atoms. The molecule has 0 spiro atoms. The Labute approximate surface area is 121 Å². The first-order valence-corrected chi connectivity index (χ1v) is 7.93. The quantitative estimate of drug-likeness (QED) is 0.704. The van der Waals surface area contributed by atoms with Gasteiger partial charge in [-0.1, -0.05) is 52.4 Å². The van der Waals surface area contributed by atoms with Crippen LogP contribution in [0, 0.1) is 10.8 Å². The molecule has 1 aliphatic rings. The van der Waals surface area contributed by atoms with Gasteiger partial charge in [0, 0.05) is 0 Å². The molecule has 0 radical (unpaired) electrons. The molecule has 20 heavy (non-hydrogen) atoms. The third-order valence-corrected chi connectivity index (χ3v) is 5.11. The fourth-order valence-corrected chi connectivity index (χ4v) is 3.85. The lowest BCUT2D eigenvalue weighted by atomic mass is 9.52. The van der Waals surface area contributed by atoms with Crippen LogP contribution in [0.5, 0.6) is 0 Å². The van der Waals surface area contributed by atoms with E-state index in [9.17, 15) is 19.8 Å². The Morgan fingerprint density at radius 2 is 1.20 bits per heavy atom. The number of carboxylic acids is 2. The van der Waals surface area contributed by atoms with Gasteiger partial charge in [0.15, 0.2) is 0 Å². The highest BCUT2D eigenvalue weighted by Gasteiger charge is 2.61. The van der Waals surface area contributed by atoms with Crippen LogP contribution in [0.3, 0.4) is 0 Å². The topological polar surface area (TPSA) is 74.6 Å². The molecule has 0 aromatic rings. The molecule has 0 saturated heterocycles. The molecule has 0 aromatic carbocycles. The average molecular weight is 284 g/mol. The molecular weight excluding hydrogens is 256 g/mol. The van der Waals surface area contributed by atoms with Crippen LogP contribution in [0.25, 0.3) is 0 Å². The summed E-state index contributed by atoms with van der Waals surface area (Å²) in [7, 11) is 0. The second-order valence-electron chi connectivity index (χ2n) is 6.19. The molecule has 2 atom stereocenters. The van der Waals surface area contributed by atoms with Crippen molar-refractivity contribution in [3.63, 3.8) is 0 Å². The fraction of sp³-hybridized carbons (Fsp3) is 0.875. The minimum absolute atomic E-state index is 0.495. The number of unbranched alkanes of at least 4 members (excludes halogenated alkanes) is 2. The molecule has 0 aromatic heterocycles. The SMILES string of the molecule is CCCCC1(C(=O)O)CCCCC1(CCCC)C(=O)O. The van der Waals surface area contributed by atoms with E-state index in [1.165, 1.54) is 0 Å². The van der Waals surface area contributed by atoms with E-state index in [-0.39, 0.29) is 0 Å². The second kappa shape index (κ2) is 7.09. The van der Waals surface area contributed by atoms with Crippen LogP contribution in [0.2, 0.25) is 0 Å². The van der Waals surface area contributed by atoms with Crippen LogP contribution >= 0.6 is 0 Å². The zero-order chi connectivity index (χ0) is 15.2. The van der Waals surface area contributed by atoms with Gasteiger partial charge in [0.1, 0.15) is 0 Å². The van der Waals surface area contributed by atoms with Crippen molar-refractivity contribution < 1.29 is 19.8 Å². The predicted octanol–water partition coefficient (Wildman–Crippen LogP) is 4.08. The molecule has 2 N–H and O–H groups in total. The van der Waals surface area contributed by atoms with Crippen molar-refractivity contribution >= 4 is 11.9 Å². The van der Waals surface area contributed by atoms with Gasteiger partial charge in [-0.05, 0) is 25.7 Å². The molecule has 1 fully saturated rings. The molecule has 0 amide bonds. The van der Waals surface area contributed by atoms with Crippen LogP contribution in [-0.4, -0.2) is 22.2 Å². The van der Waals surface area contributed by atoms with Gasteiger partial charge in [-0.3, -0.25) is 9.59 Å². The molecule has 0 heterocycles. The first-order chi connectivity index (χ1) is 9.47. The molecule has 1 rings (SSSR count). The standard InChI is InChI=1S/C16H28O4/c1-3-5-9-15(13(17)18)11-7-8-12-16(15,14(19)20)10-6-4-2/h3-12H2,1-2H3,(H,17,18)(H,19,20). The minimum atomic E-state index is -1.07. The summed E-state index contributed by atoms with van der Waals surface area (Å²) in [5.41, 5.74) is -2.13. The Kier molecular flexibility index (Phi) is 6.03. The van der Waals surface area contributed by atoms with E-state index in [2.05, 4.69) is 0 Å². The summed E-state index contributed by atoms with van der Waals surface area (Å²) in [6, 6.07) is 0. The third-order valence-electron chi connectivity index (χ3n) is 5.11. The van der Waals surface area contributed by atoms with Gasteiger partial charge in [-0.15, -0.1) is 0 Å². The van der Waals surface area contributed by atoms with Crippen LogP contribution in [0.1, 0.15) is 78.1 Å². The van der Waals surface area contributed by atoms with Crippen LogP contribution in [0.15, 0.2) is 0 Å². The first-order valence-electron chi connectivity index (χ1n) is 7.93. The highest BCUT2D eigenvalue weighted by molar-refractivity contribution is 5.87. The predicted molar refractivity (Wildman–Crippen MR) is 77.7 cm³/mol. The lowest BCUT2D eigenvalue weighted by molar-refractivity contribution is -0.182. The molecule has 2 unspecified atom stereocenters. The van der Waals surface area contributed by atoms with Gasteiger partial charge in [0.05, 0.1) is 10.8 Å². The van der Waals surface area contributed by atoms with E-state index in [1.807, 2.05) is 13.8 Å². The molecule has 1 aliphatic carbocycles. The van der Waals surface area contributed by atoms with E-state index in [1.54, 1.807) is 0 Å². The van der Waals surface area contributed by atoms with E-state index >= 15 is 0 Å². The van der Waals surface area contributed by atoms with Crippen molar-refractivity contribution in [2.45, 2.75) is 78.1 Å². The lowest BCUT2D eigenvalue weighted by Gasteiger charge is -2.48. The van der Waals surface area contributed by atoms with Crippen LogP contribution < -0.4 is 0 Å². The summed E-state index contributed by atoms with van der Waals surface area (Å²) < 4.78 is 0. The molecule has 0 aliphatic heterocycles. The Morgan fingerprint density at radius 1 is 0.850 bits per heavy atom. The van der Waals surface area contributed by atoms with Crippen molar-refractivity contribution in [2.75, 3.05) is 0 Å². The summed E-state index contributed by atoms with van der Waals surface area (Å²) in [5, 5.41) is 19.7. The van der Waals surface area contributed by atoms with Gasteiger partial charge in [-0.2, -0.15) is 0 Å². The van der Waals surface area contributed by atoms with Crippen LogP contribution in [-0.2, 0) is 9.59 Å². The fourth-order valence-electron chi connectivity index (χ4n) is 3.85. The normalized spacial score (nSPS) is 30.1. The zero-order valence-electron chi connectivity index (χ0n) is 12.8. The molecular formula is C16H28O4. The monoisotopic (exact) mass is 284 g/mol. The van der Waals surface area contributed by atoms with Crippen molar-refractivity contribution in [1.82, 2.24) is 0 Å². The van der Waals surface area contributed by atoms with E-state index in [4.69, 9.17) is 0 Å². The summed E-state index contributed by atoms with van der Waals surface area (Å²) in [6.45, 7) is 4.04. The summed E-state index contributed by atoms with van der Waals surface area (Å²) in [5.74, 6) is -1.80. The van der Waals surface area contributed by atoms with Gasteiger partial charge in [0.25, 0.3) is 0 Å². The Morgan fingerprint density at radius 3 is 1.45 bits per heavy atom. The van der Waals surface area contributed by atoms with Crippen molar-refractivity contribution in [1.29, 1.82) is 0 Å². The van der Waals surface area contributed by atoms with Gasteiger partial charge < -0.3 is 10.2 Å². The molecule has 116 valence electrons. The highest BCUT2D eigenvalue weighted by Crippen LogP contribution is 2.56. The highest BCUT2D eigenvalue weighted by atomic mass is 16.4. The number of carbonyl (C=O) groups is 2. The number of hydrogen-bond acceptors (Lipinski definition) is 2. The maximum Gasteiger partial charge on any atom is 0.310 e. The number of carboxylic acid groups (broad SMARTS) is 2. The number of rotatable bonds is 8. The minimum Gasteiger partial charge on any atom is -0.481 e. The van der Waals surface area contributed by atoms with Crippen molar-refractivity contribution in [3.05, 3.63) is 0 Å². The average Bonchev–Trinajstić information content (AvgIpc) is 2.43. The third kappa shape index (κ3) is 2.84. The van der Waals surface area contributed by atoms with Crippen molar-refractivity contribution in [3.8, 4) is 0 Å². The molecule has 1 saturated carbocycles. The smallest absolute Gasteiger partial charge is 0.310 e. The van der Waals surface area contributed by atoms with E-state index in [0.29, 0.717) is 25.7 Å². The van der Waals surface area contributed by atoms with E-state index < -0.39 is 22.8 Å². The van der Waals surface area contributed by atoms with Crippen molar-refractivity contribution in [2.24, 2.45) is 10.8 Å². The summed E-state index contributed by atoms with van der Waals surface area (Å²) >= 11 is 0. The second-order valence-corrected chi connectivity index (χ2v) is 6.19. The van der Waals surface area contributed by atoms with Gasteiger partial charge in [-0.25, -0.2) is 0 Å². The zero-order valence-corrected chi connectivity index (χ0v) is 12.8. The van der Waals surface area contributed by atoms with Gasteiger partial charge >= 0.3 is 11.9 Å². The number of aliphatic carboxylic acids is 2. The maximum absolute atomic E-state index is 12.0. The van der Waals surface area contributed by atoms with Crippen LogP contribution in [0.4, 0.5) is 0 Å². The summed E-state index contributed by atoms with van der Waals surface area (Å²) in [6.07, 6.45) is 7.05. The largest absolute Gasteiger partial charge is 0.481 e. The first kappa shape index (κ1) is 17.0.